The minimum absolute atomic E-state index is 0.386. The summed E-state index contributed by atoms with van der Waals surface area (Å²) >= 11 is 0. The first-order chi connectivity index (χ1) is 20.1. The Morgan fingerprint density at radius 2 is 1.60 bits per heavy atom. The van der Waals surface area contributed by atoms with Gasteiger partial charge in [0.25, 0.3) is 0 Å². The van der Waals surface area contributed by atoms with Gasteiger partial charge >= 0.3 is 7.48 Å². The van der Waals surface area contributed by atoms with Crippen LogP contribution in [0.15, 0.2) is 114 Å². The molecule has 42 heavy (non-hydrogen) atoms. The number of rotatable bonds is 5. The molecule has 1 N–H and O–H groups in total. The van der Waals surface area contributed by atoms with E-state index in [9.17, 15) is 5.11 Å². The topological polar surface area (TPSA) is 42.6 Å². The molecule has 1 aliphatic rings. The molecule has 5 aromatic rings. The molecule has 0 unspecified atom stereocenters. The zero-order valence-corrected chi connectivity index (χ0v) is 24.9. The van der Waals surface area contributed by atoms with Crippen LogP contribution in [0, 0.1) is 0 Å². The van der Waals surface area contributed by atoms with E-state index in [0.717, 1.165) is 62.5 Å². The maximum absolute atomic E-state index is 10.5. The van der Waals surface area contributed by atoms with Crippen LogP contribution in [-0.2, 0) is 11.1 Å². The summed E-state index contributed by atoms with van der Waals surface area (Å²) in [6.07, 6.45) is 10.5. The summed E-state index contributed by atoms with van der Waals surface area (Å²) in [6.45, 7) is 11.7. The van der Waals surface area contributed by atoms with E-state index in [1.54, 1.807) is 13.8 Å². The van der Waals surface area contributed by atoms with Gasteiger partial charge in [-0.2, -0.15) is 0 Å². The average molecular weight is 553 g/mol. The largest absolute Gasteiger partial charge is 0.456 e. The third kappa shape index (κ3) is 5.29. The molecule has 210 valence electrons. The van der Waals surface area contributed by atoms with Crippen molar-refractivity contribution < 1.29 is 14.2 Å². The van der Waals surface area contributed by atoms with Crippen molar-refractivity contribution in [1.29, 1.82) is 0 Å². The zero-order chi connectivity index (χ0) is 29.5. The molecule has 1 aromatic heterocycles. The minimum Gasteiger partial charge on any atom is -0.456 e. The van der Waals surface area contributed by atoms with E-state index in [1.807, 2.05) is 19.9 Å². The summed E-state index contributed by atoms with van der Waals surface area (Å²) in [6, 6.07) is 28.0. The molecule has 0 saturated carbocycles. The van der Waals surface area contributed by atoms with Crippen molar-refractivity contribution in [2.45, 2.75) is 51.7 Å². The number of allylic oxidation sites excluding steroid dienone is 5. The fourth-order valence-electron chi connectivity index (χ4n) is 5.53. The van der Waals surface area contributed by atoms with Gasteiger partial charge in [0.1, 0.15) is 11.2 Å². The number of hydrogen-bond donors (Lipinski definition) is 1. The summed E-state index contributed by atoms with van der Waals surface area (Å²) in [5, 5.41) is 12.7. The number of furan rings is 1. The monoisotopic (exact) mass is 552 g/mol. The Labute approximate surface area is 249 Å². The summed E-state index contributed by atoms with van der Waals surface area (Å²) in [5.74, 6) is 0. The molecule has 1 heterocycles. The van der Waals surface area contributed by atoms with Gasteiger partial charge in [-0.15, -0.1) is 0 Å². The summed E-state index contributed by atoms with van der Waals surface area (Å²) in [7, 11) is 0.386. The molecule has 0 spiro atoms. The van der Waals surface area contributed by atoms with Crippen molar-refractivity contribution in [2.24, 2.45) is 0 Å². The second kappa shape index (κ2) is 10.9. The van der Waals surface area contributed by atoms with Crippen LogP contribution in [0.5, 0.6) is 0 Å². The highest BCUT2D eigenvalue weighted by Gasteiger charge is 2.35. The van der Waals surface area contributed by atoms with Gasteiger partial charge in [0.15, 0.2) is 0 Å². The molecule has 4 heteroatoms. The first kappa shape index (κ1) is 28.0. The first-order valence-electron chi connectivity index (χ1n) is 14.7. The molecule has 0 bridgehead atoms. The predicted molar refractivity (Wildman–Crippen MR) is 178 cm³/mol. The smallest absolute Gasteiger partial charge is 0.309 e. The molecule has 0 atom stereocenters. The van der Waals surface area contributed by atoms with Crippen LogP contribution < -0.4 is 5.46 Å². The van der Waals surface area contributed by atoms with Crippen LogP contribution in [0.3, 0.4) is 0 Å². The van der Waals surface area contributed by atoms with Crippen LogP contribution in [0.4, 0.5) is 0 Å². The van der Waals surface area contributed by atoms with Crippen LogP contribution in [-0.4, -0.2) is 23.8 Å². The molecule has 0 fully saturated rings. The van der Waals surface area contributed by atoms with Crippen LogP contribution in [0.1, 0.15) is 45.2 Å². The third-order valence-electron chi connectivity index (χ3n) is 8.74. The van der Waals surface area contributed by atoms with Gasteiger partial charge in [-0.05, 0) is 103 Å². The Bertz CT molecular complexity index is 1860. The van der Waals surface area contributed by atoms with Gasteiger partial charge in [0.05, 0.1) is 11.2 Å². The lowest BCUT2D eigenvalue weighted by Crippen LogP contribution is -2.49. The molecule has 0 aliphatic heterocycles. The quantitative estimate of drug-likeness (QED) is 0.222. The number of aryl methyl sites for hydroxylation is 1. The fraction of sp³-hybridized carbons (Fsp3) is 0.211. The van der Waals surface area contributed by atoms with E-state index in [-0.39, 0.29) is 0 Å². The minimum atomic E-state index is -0.961. The lowest BCUT2D eigenvalue weighted by Gasteiger charge is -2.37. The van der Waals surface area contributed by atoms with E-state index in [0.29, 0.717) is 7.48 Å². The highest BCUT2D eigenvalue weighted by Crippen LogP contribution is 2.40. The van der Waals surface area contributed by atoms with Crippen LogP contribution in [0.2, 0.25) is 0 Å². The van der Waals surface area contributed by atoms with Crippen molar-refractivity contribution in [3.05, 3.63) is 121 Å². The Balaban J connectivity index is 1.44. The van der Waals surface area contributed by atoms with Gasteiger partial charge in [-0.3, -0.25) is 0 Å². The Morgan fingerprint density at radius 1 is 0.810 bits per heavy atom. The van der Waals surface area contributed by atoms with E-state index < -0.39 is 11.2 Å². The highest BCUT2D eigenvalue weighted by atomic mass is 16.5. The summed E-state index contributed by atoms with van der Waals surface area (Å²) in [4.78, 5) is 0. The van der Waals surface area contributed by atoms with Crippen molar-refractivity contribution >= 4 is 40.5 Å². The normalized spacial score (nSPS) is 15.6. The standard InChI is InChI=1S/C38H37BO3/c1-25-13-8-6-7-9-14-26-19-20-27(23-33(26)31-16-11-10-15-29(25)31)30-17-12-18-34-36(30)32-22-21-28(24-35(32)41-34)39-42-38(4,5)37(2,3)40/h6-8,10-13,15-24,39-40H,1,9,14H2,2-5H3/b7-6-,13-8-. The number of aliphatic hydroxyl groups is 1. The maximum Gasteiger partial charge on any atom is 0.309 e. The second-order valence-electron chi connectivity index (χ2n) is 12.2. The van der Waals surface area contributed by atoms with Gasteiger partial charge in [0, 0.05) is 10.8 Å². The lowest BCUT2D eigenvalue weighted by atomic mass is 9.82. The van der Waals surface area contributed by atoms with E-state index in [2.05, 4.69) is 104 Å². The molecule has 0 saturated heterocycles. The Morgan fingerprint density at radius 3 is 2.40 bits per heavy atom. The van der Waals surface area contributed by atoms with Gasteiger partial charge in [-0.1, -0.05) is 91.5 Å². The molecule has 0 radical (unpaired) electrons. The van der Waals surface area contributed by atoms with Gasteiger partial charge in [0.2, 0.25) is 0 Å². The molecule has 1 aliphatic carbocycles. The molecule has 6 rings (SSSR count). The second-order valence-corrected chi connectivity index (χ2v) is 12.2. The summed E-state index contributed by atoms with van der Waals surface area (Å²) in [5.41, 5.74) is 9.26. The molecule has 4 aromatic carbocycles. The maximum atomic E-state index is 10.5. The Kier molecular flexibility index (Phi) is 7.30. The van der Waals surface area contributed by atoms with Crippen molar-refractivity contribution in [1.82, 2.24) is 0 Å². The van der Waals surface area contributed by atoms with Gasteiger partial charge < -0.3 is 14.2 Å². The lowest BCUT2D eigenvalue weighted by molar-refractivity contribution is -0.0893. The van der Waals surface area contributed by atoms with Crippen molar-refractivity contribution in [2.75, 3.05) is 0 Å². The third-order valence-corrected chi connectivity index (χ3v) is 8.74. The van der Waals surface area contributed by atoms with Crippen molar-refractivity contribution in [3.8, 4) is 22.3 Å². The van der Waals surface area contributed by atoms with Crippen LogP contribution in [0.25, 0.3) is 49.8 Å². The summed E-state index contributed by atoms with van der Waals surface area (Å²) < 4.78 is 12.5. The van der Waals surface area contributed by atoms with E-state index >= 15 is 0 Å². The predicted octanol–water partition coefficient (Wildman–Crippen LogP) is 8.53. The fourth-order valence-corrected chi connectivity index (χ4v) is 5.53. The van der Waals surface area contributed by atoms with E-state index in [4.69, 9.17) is 9.07 Å². The molecular formula is C38H37BO3. The molecule has 3 nitrogen and oxygen atoms in total. The zero-order valence-electron chi connectivity index (χ0n) is 24.9. The molecular weight excluding hydrogens is 515 g/mol. The average Bonchev–Trinajstić information content (AvgIpc) is 3.34. The van der Waals surface area contributed by atoms with E-state index in [1.165, 1.54) is 16.7 Å². The number of hydrogen-bond acceptors (Lipinski definition) is 3. The van der Waals surface area contributed by atoms with Crippen molar-refractivity contribution in [3.63, 3.8) is 0 Å². The molecule has 0 amide bonds. The number of benzene rings is 4. The SMILES string of the molecule is C=C1/C=C\C=C/CCc2ccc(-c3cccc4oc5cc(BOC(C)(C)C(C)(C)O)ccc5c34)cc2-c2ccccc21. The number of fused-ring (bicyclic) bond motifs is 6. The van der Waals surface area contributed by atoms with Gasteiger partial charge in [-0.25, -0.2) is 0 Å². The van der Waals surface area contributed by atoms with Crippen LogP contribution >= 0.6 is 0 Å². The Hall–Kier alpha value is -4.12. The first-order valence-corrected chi connectivity index (χ1v) is 14.7. The highest BCUT2D eigenvalue weighted by molar-refractivity contribution is 6.47.